The van der Waals surface area contributed by atoms with Crippen molar-refractivity contribution in [3.63, 3.8) is 0 Å². The summed E-state index contributed by atoms with van der Waals surface area (Å²) >= 11 is 15.7. The van der Waals surface area contributed by atoms with E-state index in [1.165, 1.54) is 21.3 Å². The molecule has 0 unspecified atom stereocenters. The average molecular weight is 650 g/mol. The number of carbonyl (C=O) groups excluding carboxylic acids is 2. The number of hydrogen-bond acceptors (Lipinski definition) is 4. The fourth-order valence-electron chi connectivity index (χ4n) is 4.49. The molecule has 1 fully saturated rings. The third kappa shape index (κ3) is 5.85. The molecule has 0 aliphatic carbocycles. The molecule has 1 aromatic heterocycles. The van der Waals surface area contributed by atoms with E-state index in [0.29, 0.717) is 21.7 Å². The first-order valence-electron chi connectivity index (χ1n) is 12.0. The molecule has 0 bridgehead atoms. The van der Waals surface area contributed by atoms with Crippen LogP contribution in [0.4, 0.5) is 5.69 Å². The molecule has 12 heteroatoms. The summed E-state index contributed by atoms with van der Waals surface area (Å²) in [5.74, 6) is -1.51. The smallest absolute Gasteiger partial charge is 0.313 e. The highest BCUT2D eigenvalue weighted by Crippen LogP contribution is 2.28. The summed E-state index contributed by atoms with van der Waals surface area (Å²) in [4.78, 5) is 27.0. The molecule has 0 atom stereocenters. The Kier molecular flexibility index (Phi) is 8.02. The molecule has 4 aromatic rings. The SMILES string of the molecule is O=C(Nc1ccc2ccn(Cc3ccccc3Cl)c2c1)C(=O)N1CCN(S(=O)(=O)c2ccc(Br)cc2Cl)CC1. The molecule has 1 N–H and O–H groups in total. The van der Waals surface area contributed by atoms with Crippen LogP contribution in [0, 0.1) is 0 Å². The van der Waals surface area contributed by atoms with Gasteiger partial charge in [-0.1, -0.05) is 63.4 Å². The number of nitrogens with zero attached hydrogens (tertiary/aromatic N) is 3. The maximum absolute atomic E-state index is 13.1. The molecule has 0 saturated carbocycles. The molecule has 8 nitrogen and oxygen atoms in total. The van der Waals surface area contributed by atoms with Crippen molar-refractivity contribution in [3.05, 3.63) is 93.0 Å². The second-order valence-corrected chi connectivity index (χ2v) is 12.7. The molecule has 0 radical (unpaired) electrons. The second kappa shape index (κ2) is 11.3. The number of sulfonamides is 1. The minimum Gasteiger partial charge on any atom is -0.343 e. The number of aromatic nitrogens is 1. The number of halogens is 3. The summed E-state index contributed by atoms with van der Waals surface area (Å²) in [6.07, 6.45) is 1.94. The van der Waals surface area contributed by atoms with E-state index in [1.54, 1.807) is 12.1 Å². The predicted octanol–water partition coefficient (Wildman–Crippen LogP) is 5.23. The Balaban J connectivity index is 1.24. The van der Waals surface area contributed by atoms with Gasteiger partial charge in [0.05, 0.1) is 10.5 Å². The second-order valence-electron chi connectivity index (χ2n) is 9.03. The van der Waals surface area contributed by atoms with Crippen molar-refractivity contribution in [3.8, 4) is 0 Å². The van der Waals surface area contributed by atoms with Crippen LogP contribution in [0.1, 0.15) is 5.56 Å². The standard InChI is InChI=1S/C27H23BrCl2N4O4S/c28-20-6-8-25(23(30)15-20)39(37,38)34-13-11-32(12-14-34)27(36)26(35)31-21-7-5-18-9-10-33(24(18)16-21)17-19-3-1-2-4-22(19)29/h1-10,15-16H,11-14,17H2,(H,31,35). The third-order valence-electron chi connectivity index (χ3n) is 6.56. The van der Waals surface area contributed by atoms with Gasteiger partial charge in [0.15, 0.2) is 0 Å². The Morgan fingerprint density at radius 2 is 1.64 bits per heavy atom. The molecule has 1 aliphatic heterocycles. The van der Waals surface area contributed by atoms with Gasteiger partial charge in [0.25, 0.3) is 0 Å². The highest BCUT2D eigenvalue weighted by Gasteiger charge is 2.33. The molecular weight excluding hydrogens is 627 g/mol. The van der Waals surface area contributed by atoms with Gasteiger partial charge >= 0.3 is 11.8 Å². The van der Waals surface area contributed by atoms with Gasteiger partial charge in [-0.15, -0.1) is 0 Å². The maximum atomic E-state index is 13.1. The average Bonchev–Trinajstić information content (AvgIpc) is 3.31. The lowest BCUT2D eigenvalue weighted by molar-refractivity contribution is -0.143. The van der Waals surface area contributed by atoms with Gasteiger partial charge in [0, 0.05) is 54.1 Å². The largest absolute Gasteiger partial charge is 0.343 e. The number of amides is 2. The lowest BCUT2D eigenvalue weighted by Gasteiger charge is -2.33. The van der Waals surface area contributed by atoms with Crippen LogP contribution in [0.5, 0.6) is 0 Å². The van der Waals surface area contributed by atoms with E-state index in [0.717, 1.165) is 16.5 Å². The van der Waals surface area contributed by atoms with Crippen LogP contribution >= 0.6 is 39.1 Å². The zero-order valence-corrected chi connectivity index (χ0v) is 24.4. The molecule has 2 amide bonds. The van der Waals surface area contributed by atoms with Gasteiger partial charge in [0.2, 0.25) is 10.0 Å². The molecule has 39 heavy (non-hydrogen) atoms. The van der Waals surface area contributed by atoms with Gasteiger partial charge in [-0.05, 0) is 53.4 Å². The molecule has 202 valence electrons. The highest BCUT2D eigenvalue weighted by molar-refractivity contribution is 9.10. The van der Waals surface area contributed by atoms with Gasteiger partial charge in [0.1, 0.15) is 4.90 Å². The van der Waals surface area contributed by atoms with E-state index in [1.807, 2.05) is 53.2 Å². The lowest BCUT2D eigenvalue weighted by Crippen LogP contribution is -2.52. The third-order valence-corrected chi connectivity index (χ3v) is 9.81. The first-order chi connectivity index (χ1) is 18.6. The summed E-state index contributed by atoms with van der Waals surface area (Å²) in [5, 5.41) is 4.44. The summed E-state index contributed by atoms with van der Waals surface area (Å²) in [7, 11) is -3.84. The number of nitrogens with one attached hydrogen (secondary N) is 1. The zero-order chi connectivity index (χ0) is 27.7. The molecular formula is C27H23BrCl2N4O4S. The van der Waals surface area contributed by atoms with Crippen molar-refractivity contribution in [2.24, 2.45) is 0 Å². The topological polar surface area (TPSA) is 91.7 Å². The number of rotatable bonds is 5. The van der Waals surface area contributed by atoms with E-state index in [9.17, 15) is 18.0 Å². The van der Waals surface area contributed by atoms with E-state index in [2.05, 4.69) is 21.2 Å². The molecule has 0 spiro atoms. The minimum absolute atomic E-state index is 0.000403. The van der Waals surface area contributed by atoms with Gasteiger partial charge in [-0.25, -0.2) is 8.42 Å². The van der Waals surface area contributed by atoms with Crippen LogP contribution in [-0.2, 0) is 26.2 Å². The summed E-state index contributed by atoms with van der Waals surface area (Å²) in [6.45, 7) is 0.821. The summed E-state index contributed by atoms with van der Waals surface area (Å²) in [5.41, 5.74) is 2.32. The van der Waals surface area contributed by atoms with E-state index < -0.39 is 21.8 Å². The number of fused-ring (bicyclic) bond motifs is 1. The Hall–Kier alpha value is -2.89. The molecule has 3 aromatic carbocycles. The molecule has 5 rings (SSSR count). The first kappa shape index (κ1) is 27.7. The van der Waals surface area contributed by atoms with Gasteiger partial charge in [-0.2, -0.15) is 4.31 Å². The normalized spacial score (nSPS) is 14.5. The quantitative estimate of drug-likeness (QED) is 0.300. The van der Waals surface area contributed by atoms with Gasteiger partial charge in [-0.3, -0.25) is 9.59 Å². The molecule has 1 aliphatic rings. The lowest BCUT2D eigenvalue weighted by atomic mass is 10.2. The van der Waals surface area contributed by atoms with Crippen molar-refractivity contribution in [2.75, 3.05) is 31.5 Å². The van der Waals surface area contributed by atoms with Crippen molar-refractivity contribution >= 4 is 77.6 Å². The van der Waals surface area contributed by atoms with Crippen LogP contribution in [0.2, 0.25) is 10.0 Å². The van der Waals surface area contributed by atoms with Crippen molar-refractivity contribution < 1.29 is 18.0 Å². The molecule has 2 heterocycles. The van der Waals surface area contributed by atoms with Crippen LogP contribution in [0.3, 0.4) is 0 Å². The molecule has 1 saturated heterocycles. The van der Waals surface area contributed by atoms with Crippen LogP contribution in [0.25, 0.3) is 10.9 Å². The number of benzene rings is 3. The summed E-state index contributed by atoms with van der Waals surface area (Å²) < 4.78 is 30.1. The fraction of sp³-hybridized carbons (Fsp3) is 0.185. The monoisotopic (exact) mass is 648 g/mol. The Labute approximate surface area is 244 Å². The zero-order valence-electron chi connectivity index (χ0n) is 20.5. The predicted molar refractivity (Wildman–Crippen MR) is 156 cm³/mol. The fourth-order valence-corrected chi connectivity index (χ4v) is 7.12. The summed E-state index contributed by atoms with van der Waals surface area (Å²) in [6, 6.07) is 19.5. The van der Waals surface area contributed by atoms with E-state index in [4.69, 9.17) is 23.2 Å². The van der Waals surface area contributed by atoms with Crippen LogP contribution < -0.4 is 5.32 Å². The Morgan fingerprint density at radius 3 is 2.36 bits per heavy atom. The van der Waals surface area contributed by atoms with Crippen molar-refractivity contribution in [1.82, 2.24) is 13.8 Å². The number of hydrogen-bond donors (Lipinski definition) is 1. The first-order valence-corrected chi connectivity index (χ1v) is 15.0. The Morgan fingerprint density at radius 1 is 0.897 bits per heavy atom. The number of anilines is 1. The van der Waals surface area contributed by atoms with E-state index in [-0.39, 0.29) is 36.1 Å². The van der Waals surface area contributed by atoms with Gasteiger partial charge < -0.3 is 14.8 Å². The number of carbonyl (C=O) groups is 2. The number of piperazine rings is 1. The van der Waals surface area contributed by atoms with Crippen molar-refractivity contribution in [2.45, 2.75) is 11.4 Å². The van der Waals surface area contributed by atoms with Crippen molar-refractivity contribution in [1.29, 1.82) is 0 Å². The van der Waals surface area contributed by atoms with E-state index >= 15 is 0 Å². The highest BCUT2D eigenvalue weighted by atomic mass is 79.9. The maximum Gasteiger partial charge on any atom is 0.313 e. The Bertz CT molecular complexity index is 1680. The minimum atomic E-state index is -3.84. The van der Waals surface area contributed by atoms with Crippen LogP contribution in [-0.4, -0.2) is 60.2 Å². The van der Waals surface area contributed by atoms with Crippen LogP contribution in [0.15, 0.2) is 82.3 Å².